The normalized spacial score (nSPS) is 17.9. The van der Waals surface area contributed by atoms with E-state index in [-0.39, 0.29) is 48.1 Å². The fraction of sp³-hybridized carbons (Fsp3) is 0.333. The summed E-state index contributed by atoms with van der Waals surface area (Å²) in [5, 5.41) is 24.0. The van der Waals surface area contributed by atoms with E-state index in [1.54, 1.807) is 12.1 Å². The number of ketones is 1. The Balaban J connectivity index is 1.52. The number of carboxylic acid groups (broad SMARTS) is 1. The summed E-state index contributed by atoms with van der Waals surface area (Å²) >= 11 is 1.06. The first-order valence-electron chi connectivity index (χ1n) is 10.9. The number of fused-ring (bicyclic) bond motifs is 1. The third kappa shape index (κ3) is 4.88. The van der Waals surface area contributed by atoms with Gasteiger partial charge in [0.1, 0.15) is 11.8 Å². The Kier molecular flexibility index (Phi) is 6.94. The Morgan fingerprint density at radius 1 is 1.31 bits per heavy atom. The number of nitrogens with one attached hydrogen (secondary N) is 1. The molecule has 0 aliphatic carbocycles. The molecule has 5 N–H and O–H groups in total. The van der Waals surface area contributed by atoms with Gasteiger partial charge in [-0.05, 0) is 18.1 Å². The molecule has 1 fully saturated rings. The molecule has 5 amide bonds. The van der Waals surface area contributed by atoms with Gasteiger partial charge in [-0.3, -0.25) is 14.5 Å². The predicted octanol–water partition coefficient (Wildman–Crippen LogP) is 0.903. The number of carbonyl (C=O) groups excluding carboxylic acids is 4. The Hall–Kier alpha value is -3.98. The first kappa shape index (κ1) is 25.1. The predicted molar refractivity (Wildman–Crippen MR) is 126 cm³/mol. The van der Waals surface area contributed by atoms with Crippen molar-refractivity contribution in [2.45, 2.75) is 31.6 Å². The summed E-state index contributed by atoms with van der Waals surface area (Å²) in [4.78, 5) is 67.4. The Morgan fingerprint density at radius 3 is 2.64 bits per heavy atom. The van der Waals surface area contributed by atoms with E-state index in [0.29, 0.717) is 5.56 Å². The number of amides is 5. The first-order chi connectivity index (χ1) is 17.1. The third-order valence-electron chi connectivity index (χ3n) is 5.97. The van der Waals surface area contributed by atoms with Crippen LogP contribution < -0.4 is 15.7 Å². The molecule has 3 heterocycles. The van der Waals surface area contributed by atoms with Gasteiger partial charge in [-0.1, -0.05) is 12.1 Å². The summed E-state index contributed by atoms with van der Waals surface area (Å²) in [5.41, 5.74) is 6.28. The van der Waals surface area contributed by atoms with Gasteiger partial charge in [-0.25, -0.2) is 24.3 Å². The number of para-hydroxylation sites is 1. The monoisotopic (exact) mass is 515 g/mol. The van der Waals surface area contributed by atoms with Gasteiger partial charge in [0.2, 0.25) is 5.91 Å². The summed E-state index contributed by atoms with van der Waals surface area (Å²) in [6.45, 7) is 1.20. The van der Waals surface area contributed by atoms with E-state index in [4.69, 9.17) is 10.4 Å². The van der Waals surface area contributed by atoms with Crippen molar-refractivity contribution < 1.29 is 38.8 Å². The summed E-state index contributed by atoms with van der Waals surface area (Å²) in [7, 11) is -1.47. The number of carboxylic acids is 1. The van der Waals surface area contributed by atoms with Crippen LogP contribution in [0.1, 0.15) is 41.0 Å². The van der Waals surface area contributed by atoms with E-state index in [0.717, 1.165) is 21.1 Å². The lowest BCUT2D eigenvalue weighted by molar-refractivity contribution is -0.125. The smallest absolute Gasteiger partial charge is 0.526 e. The molecule has 1 aromatic carbocycles. The van der Waals surface area contributed by atoms with Gasteiger partial charge in [0, 0.05) is 31.1 Å². The number of thiazole rings is 1. The minimum atomic E-state index is -1.47. The standard InChI is InChI=1S/C21H22BN5O8S/c1-10(28)26-5-6-27(21(26)33)20(32)25-16(14-9-36-19(23)24-14)15(29)8-12-7-11-3-2-4-13(18(30)31)17(11)35-22(12)34/h2-4,9,12,16,34H,5-8H2,1H3,(H2,23,24)(H,25,32)(H,30,31)/t12-,16?/m1/s1. The number of benzene rings is 1. The Bertz CT molecular complexity index is 1250. The zero-order valence-corrected chi connectivity index (χ0v) is 19.9. The van der Waals surface area contributed by atoms with Gasteiger partial charge in [0.15, 0.2) is 10.9 Å². The molecule has 13 nitrogen and oxygen atoms in total. The van der Waals surface area contributed by atoms with E-state index >= 15 is 0 Å². The zero-order valence-electron chi connectivity index (χ0n) is 19.0. The minimum absolute atomic E-state index is 0.0349. The molecule has 1 saturated heterocycles. The average molecular weight is 515 g/mol. The van der Waals surface area contributed by atoms with Crippen LogP contribution in [-0.4, -0.2) is 74.8 Å². The number of nitrogens with zero attached hydrogens (tertiary/aromatic N) is 3. The molecular weight excluding hydrogens is 493 g/mol. The number of aromatic nitrogens is 1. The van der Waals surface area contributed by atoms with E-state index in [9.17, 15) is 34.1 Å². The molecule has 2 atom stereocenters. The lowest BCUT2D eigenvalue weighted by Crippen LogP contribution is -2.46. The second-order valence-corrected chi connectivity index (χ2v) is 9.23. The summed E-state index contributed by atoms with van der Waals surface area (Å²) in [5.74, 6) is -2.95. The summed E-state index contributed by atoms with van der Waals surface area (Å²) in [6.07, 6.45) is -0.102. The van der Waals surface area contributed by atoms with E-state index in [1.165, 1.54) is 18.4 Å². The van der Waals surface area contributed by atoms with Crippen LogP contribution in [0.3, 0.4) is 0 Å². The van der Waals surface area contributed by atoms with Gasteiger partial charge >= 0.3 is 25.1 Å². The van der Waals surface area contributed by atoms with Crippen molar-refractivity contribution in [1.82, 2.24) is 20.1 Å². The summed E-state index contributed by atoms with van der Waals surface area (Å²) < 4.78 is 5.45. The lowest BCUT2D eigenvalue weighted by atomic mass is 9.64. The largest absolute Gasteiger partial charge is 0.535 e. The Morgan fingerprint density at radius 2 is 2.03 bits per heavy atom. The molecule has 2 aromatic rings. The van der Waals surface area contributed by atoms with Gasteiger partial charge < -0.3 is 25.8 Å². The van der Waals surface area contributed by atoms with Gasteiger partial charge in [0.05, 0.1) is 17.8 Å². The van der Waals surface area contributed by atoms with E-state index in [1.807, 2.05) is 0 Å². The van der Waals surface area contributed by atoms with Crippen molar-refractivity contribution in [2.24, 2.45) is 0 Å². The molecule has 1 unspecified atom stereocenters. The molecule has 188 valence electrons. The SMILES string of the molecule is CC(=O)N1CCN(C(=O)NC(C(=O)C[C@H]2Cc3cccc(C(=O)O)c3OB2O)c2csc(N)n2)C1=O. The van der Waals surface area contributed by atoms with Crippen LogP contribution in [-0.2, 0) is 16.0 Å². The maximum Gasteiger partial charge on any atom is 0.526 e. The van der Waals surface area contributed by atoms with E-state index < -0.39 is 48.7 Å². The van der Waals surface area contributed by atoms with Crippen molar-refractivity contribution in [1.29, 1.82) is 0 Å². The number of urea groups is 2. The van der Waals surface area contributed by atoms with Crippen molar-refractivity contribution in [3.05, 3.63) is 40.4 Å². The topological polar surface area (TPSA) is 192 Å². The number of Topliss-reactive ketones (excluding diaryl/α,β-unsaturated/α-hetero) is 1. The van der Waals surface area contributed by atoms with Crippen molar-refractivity contribution >= 4 is 53.3 Å². The van der Waals surface area contributed by atoms with Crippen LogP contribution in [0.15, 0.2) is 23.6 Å². The van der Waals surface area contributed by atoms with Gasteiger partial charge in [-0.2, -0.15) is 0 Å². The van der Waals surface area contributed by atoms with Gasteiger partial charge in [0.25, 0.3) is 0 Å². The number of hydrogen-bond donors (Lipinski definition) is 4. The first-order valence-corrected chi connectivity index (χ1v) is 11.8. The highest BCUT2D eigenvalue weighted by atomic mass is 32.1. The number of imide groups is 2. The van der Waals surface area contributed by atoms with E-state index in [2.05, 4.69) is 10.3 Å². The van der Waals surface area contributed by atoms with Crippen molar-refractivity contribution in [3.8, 4) is 5.75 Å². The molecule has 15 heteroatoms. The number of aromatic carboxylic acids is 1. The van der Waals surface area contributed by atoms with Crippen LogP contribution in [0.5, 0.6) is 5.75 Å². The van der Waals surface area contributed by atoms with Crippen molar-refractivity contribution in [3.63, 3.8) is 0 Å². The molecule has 4 rings (SSSR count). The molecule has 36 heavy (non-hydrogen) atoms. The van der Waals surface area contributed by atoms with Crippen molar-refractivity contribution in [2.75, 3.05) is 18.8 Å². The zero-order chi connectivity index (χ0) is 26.1. The molecule has 0 radical (unpaired) electrons. The number of carbonyl (C=O) groups is 5. The molecule has 0 spiro atoms. The van der Waals surface area contributed by atoms with Crippen LogP contribution in [0.25, 0.3) is 0 Å². The number of nitrogen functional groups attached to an aromatic ring is 1. The average Bonchev–Trinajstić information content (AvgIpc) is 3.42. The molecule has 0 saturated carbocycles. The highest BCUT2D eigenvalue weighted by molar-refractivity contribution is 7.13. The fourth-order valence-corrected chi connectivity index (χ4v) is 4.76. The second kappa shape index (κ2) is 9.95. The van der Waals surface area contributed by atoms with Crippen LogP contribution in [0, 0.1) is 0 Å². The molecule has 0 bridgehead atoms. The van der Waals surface area contributed by atoms with Gasteiger partial charge in [-0.15, -0.1) is 11.3 Å². The lowest BCUT2D eigenvalue weighted by Gasteiger charge is -2.29. The highest BCUT2D eigenvalue weighted by Crippen LogP contribution is 2.37. The number of hydrogen-bond acceptors (Lipinski definition) is 10. The van der Waals surface area contributed by atoms with Crippen LogP contribution in [0.4, 0.5) is 14.7 Å². The highest BCUT2D eigenvalue weighted by Gasteiger charge is 2.41. The number of anilines is 1. The molecule has 2 aliphatic rings. The number of rotatable bonds is 6. The quantitative estimate of drug-likeness (QED) is 0.402. The van der Waals surface area contributed by atoms with Crippen LogP contribution >= 0.6 is 11.3 Å². The maximum absolute atomic E-state index is 13.3. The summed E-state index contributed by atoms with van der Waals surface area (Å²) in [6, 6.07) is 1.57. The third-order valence-corrected chi connectivity index (χ3v) is 6.67. The molecular formula is C21H22BN5O8S. The second-order valence-electron chi connectivity index (χ2n) is 8.34. The fourth-order valence-electron chi connectivity index (χ4n) is 4.17. The molecule has 1 aromatic heterocycles. The molecule has 2 aliphatic heterocycles. The maximum atomic E-state index is 13.3. The number of nitrogens with two attached hydrogens (primary N) is 1. The Labute approximate surface area is 209 Å². The van der Waals surface area contributed by atoms with Crippen LogP contribution in [0.2, 0.25) is 5.82 Å². The minimum Gasteiger partial charge on any atom is -0.535 e.